The lowest BCUT2D eigenvalue weighted by atomic mass is 10.1. The Bertz CT molecular complexity index is 1010. The summed E-state index contributed by atoms with van der Waals surface area (Å²) in [6.45, 7) is 0.665. The van der Waals surface area contributed by atoms with Gasteiger partial charge in [-0.25, -0.2) is 0 Å². The van der Waals surface area contributed by atoms with Crippen LogP contribution in [-0.2, 0) is 4.79 Å². The Morgan fingerprint density at radius 3 is 1.93 bits per heavy atom. The monoisotopic (exact) mass is 395 g/mol. The Morgan fingerprint density at radius 2 is 1.45 bits per heavy atom. The fraction of sp³-hybridized carbons (Fsp3) is 0.391. The minimum atomic E-state index is -0.739. The molecule has 3 rings (SSSR count). The average Bonchev–Trinajstić information content (AvgIpc) is 2.68. The van der Waals surface area contributed by atoms with E-state index in [0.717, 1.165) is 51.5 Å². The maximum atomic E-state index is 10.7. The molecule has 0 unspecified atom stereocenters. The van der Waals surface area contributed by atoms with E-state index in [1.165, 1.54) is 0 Å². The van der Waals surface area contributed by atoms with Crippen LogP contribution in [0.3, 0.4) is 0 Å². The summed E-state index contributed by atoms with van der Waals surface area (Å²) < 4.78 is 6.26. The zero-order valence-corrected chi connectivity index (χ0v) is 17.6. The molecule has 6 heteroatoms. The number of carboxylic acids is 1. The number of hydrogen-bond donors (Lipinski definition) is 1. The Balaban J connectivity index is 2.05. The minimum absolute atomic E-state index is 0.219. The first-order chi connectivity index (χ1) is 13.9. The second-order valence-electron chi connectivity index (χ2n) is 7.69. The molecule has 0 radical (unpaired) electrons. The van der Waals surface area contributed by atoms with Gasteiger partial charge in [0.25, 0.3) is 0 Å². The highest BCUT2D eigenvalue weighted by molar-refractivity contribution is 5.92. The maximum absolute atomic E-state index is 10.7. The summed E-state index contributed by atoms with van der Waals surface area (Å²) >= 11 is 0. The number of hydrogen-bond acceptors (Lipinski definition) is 5. The highest BCUT2D eigenvalue weighted by atomic mass is 16.4. The quantitative estimate of drug-likeness (QED) is 0.456. The molecule has 1 heterocycles. The van der Waals surface area contributed by atoms with Crippen LogP contribution in [0.2, 0.25) is 0 Å². The Hall–Kier alpha value is -3.02. The van der Waals surface area contributed by atoms with Gasteiger partial charge in [-0.05, 0) is 37.1 Å². The smallest absolute Gasteiger partial charge is 0.303 e. The number of unbranched alkanes of at least 4 members (excludes halogenated alkanes) is 2. The minimum Gasteiger partial charge on any atom is -0.481 e. The zero-order chi connectivity index (χ0) is 21.0. The van der Waals surface area contributed by atoms with Gasteiger partial charge in [0.1, 0.15) is 11.2 Å². The molecule has 6 nitrogen and oxygen atoms in total. The van der Waals surface area contributed by atoms with Gasteiger partial charge in [-0.15, -0.1) is 0 Å². The summed E-state index contributed by atoms with van der Waals surface area (Å²) in [7, 11) is 8.03. The number of rotatable bonds is 8. The lowest BCUT2D eigenvalue weighted by molar-refractivity contribution is -0.137. The second kappa shape index (κ2) is 8.99. The topological polar surface area (TPSA) is 69.3 Å². The molecule has 0 aliphatic heterocycles. The molecule has 3 aromatic rings. The normalized spacial score (nSPS) is 11.0. The Kier molecular flexibility index (Phi) is 6.42. The first kappa shape index (κ1) is 20.7. The van der Waals surface area contributed by atoms with E-state index in [1.807, 2.05) is 40.3 Å². The van der Waals surface area contributed by atoms with Crippen molar-refractivity contribution < 1.29 is 14.3 Å². The van der Waals surface area contributed by atoms with Gasteiger partial charge in [-0.1, -0.05) is 6.42 Å². The van der Waals surface area contributed by atoms with Crippen molar-refractivity contribution in [2.24, 2.45) is 4.99 Å². The number of carbonyl (C=O) groups is 1. The molecule has 1 N–H and O–H groups in total. The summed E-state index contributed by atoms with van der Waals surface area (Å²) in [6, 6.07) is 12.4. The summed E-state index contributed by atoms with van der Waals surface area (Å²) in [6.07, 6.45) is 2.64. The largest absolute Gasteiger partial charge is 0.481 e. The van der Waals surface area contributed by atoms with E-state index in [0.29, 0.717) is 13.0 Å². The van der Waals surface area contributed by atoms with E-state index in [9.17, 15) is 4.79 Å². The van der Waals surface area contributed by atoms with Crippen molar-refractivity contribution in [1.29, 1.82) is 0 Å². The molecule has 29 heavy (non-hydrogen) atoms. The van der Waals surface area contributed by atoms with Crippen LogP contribution in [0.25, 0.3) is 21.9 Å². The van der Waals surface area contributed by atoms with Gasteiger partial charge in [0.2, 0.25) is 0 Å². The average molecular weight is 396 g/mol. The molecule has 0 saturated carbocycles. The van der Waals surface area contributed by atoms with Gasteiger partial charge in [0.15, 0.2) is 0 Å². The Labute approximate surface area is 171 Å². The number of nitrogens with zero attached hydrogens (tertiary/aromatic N) is 3. The van der Waals surface area contributed by atoms with E-state index >= 15 is 0 Å². The van der Waals surface area contributed by atoms with E-state index in [1.54, 1.807) is 0 Å². The van der Waals surface area contributed by atoms with E-state index in [2.05, 4.69) is 34.1 Å². The highest BCUT2D eigenvalue weighted by Gasteiger charge is 2.09. The van der Waals surface area contributed by atoms with Crippen molar-refractivity contribution in [3.05, 3.63) is 41.8 Å². The third-order valence-electron chi connectivity index (χ3n) is 5.01. The molecule has 0 spiro atoms. The van der Waals surface area contributed by atoms with Crippen LogP contribution in [0.4, 0.5) is 11.4 Å². The van der Waals surface area contributed by atoms with Crippen LogP contribution in [-0.4, -0.2) is 45.8 Å². The highest BCUT2D eigenvalue weighted by Crippen LogP contribution is 2.25. The van der Waals surface area contributed by atoms with Gasteiger partial charge in [0.05, 0.1) is 5.36 Å². The summed E-state index contributed by atoms with van der Waals surface area (Å²) in [5, 5.41) is 11.7. The van der Waals surface area contributed by atoms with Gasteiger partial charge in [0, 0.05) is 75.4 Å². The van der Waals surface area contributed by atoms with Crippen molar-refractivity contribution in [2.45, 2.75) is 25.7 Å². The number of carboxylic acid groups (broad SMARTS) is 1. The lowest BCUT2D eigenvalue weighted by Crippen LogP contribution is -2.11. The first-order valence-electron chi connectivity index (χ1n) is 9.94. The van der Waals surface area contributed by atoms with Crippen LogP contribution in [0, 0.1) is 0 Å². The molecule has 0 amide bonds. The molecular weight excluding hydrogens is 366 g/mol. The van der Waals surface area contributed by atoms with Crippen LogP contribution in [0.15, 0.2) is 45.8 Å². The fourth-order valence-electron chi connectivity index (χ4n) is 3.33. The molecule has 0 bridgehead atoms. The van der Waals surface area contributed by atoms with Crippen molar-refractivity contribution in [2.75, 3.05) is 44.5 Å². The van der Waals surface area contributed by atoms with E-state index in [4.69, 9.17) is 14.5 Å². The van der Waals surface area contributed by atoms with Gasteiger partial charge >= 0.3 is 5.97 Å². The SMILES string of the molecule is CN(C)c1ccc2c(=NCCCCCC(=O)O)c3ccc(N(C)C)cc3oc2c1. The predicted molar refractivity (Wildman–Crippen MR) is 119 cm³/mol. The molecule has 0 atom stereocenters. The number of aliphatic carboxylic acids is 1. The first-order valence-corrected chi connectivity index (χ1v) is 9.94. The van der Waals surface area contributed by atoms with Crippen molar-refractivity contribution in [1.82, 2.24) is 0 Å². The van der Waals surface area contributed by atoms with Crippen LogP contribution >= 0.6 is 0 Å². The molecule has 0 aliphatic rings. The predicted octanol–water partition coefficient (Wildman–Crippen LogP) is 4.26. The third-order valence-corrected chi connectivity index (χ3v) is 5.01. The fourth-order valence-corrected chi connectivity index (χ4v) is 3.33. The Morgan fingerprint density at radius 1 is 0.897 bits per heavy atom. The summed E-state index contributed by atoms with van der Waals surface area (Å²) in [4.78, 5) is 19.7. The van der Waals surface area contributed by atoms with Gasteiger partial charge < -0.3 is 19.3 Å². The summed E-state index contributed by atoms with van der Waals surface area (Å²) in [5.41, 5.74) is 3.77. The second-order valence-corrected chi connectivity index (χ2v) is 7.69. The van der Waals surface area contributed by atoms with Crippen LogP contribution in [0.5, 0.6) is 0 Å². The van der Waals surface area contributed by atoms with E-state index in [-0.39, 0.29) is 6.42 Å². The van der Waals surface area contributed by atoms with Crippen molar-refractivity contribution >= 4 is 39.3 Å². The number of anilines is 2. The third kappa shape index (κ3) is 4.88. The van der Waals surface area contributed by atoms with Crippen LogP contribution in [0.1, 0.15) is 25.7 Å². The number of benzene rings is 2. The molecule has 0 fully saturated rings. The van der Waals surface area contributed by atoms with Crippen molar-refractivity contribution in [3.63, 3.8) is 0 Å². The zero-order valence-electron chi connectivity index (χ0n) is 17.6. The van der Waals surface area contributed by atoms with Gasteiger partial charge in [-0.2, -0.15) is 0 Å². The van der Waals surface area contributed by atoms with E-state index < -0.39 is 5.97 Å². The standard InChI is InChI=1S/C23H29N3O3/c1-25(2)16-9-11-18-20(14-16)29-21-15-17(26(3)4)10-12-19(21)23(18)24-13-7-5-6-8-22(27)28/h9-12,14-15H,5-8,13H2,1-4H3,(H,27,28). The molecule has 0 saturated heterocycles. The molecule has 2 aromatic carbocycles. The molecule has 0 aliphatic carbocycles. The maximum Gasteiger partial charge on any atom is 0.303 e. The molecular formula is C23H29N3O3. The molecule has 154 valence electrons. The number of fused-ring (bicyclic) bond motifs is 2. The molecule has 1 aromatic heterocycles. The lowest BCUT2D eigenvalue weighted by Gasteiger charge is -2.15. The van der Waals surface area contributed by atoms with Crippen LogP contribution < -0.4 is 15.2 Å². The van der Waals surface area contributed by atoms with Gasteiger partial charge in [-0.3, -0.25) is 9.79 Å². The van der Waals surface area contributed by atoms with Crippen molar-refractivity contribution in [3.8, 4) is 0 Å². The summed E-state index contributed by atoms with van der Waals surface area (Å²) in [5.74, 6) is -0.739.